The average Bonchev–Trinajstić information content (AvgIpc) is 3.06. The van der Waals surface area contributed by atoms with Gasteiger partial charge in [0.25, 0.3) is 0 Å². The smallest absolute Gasteiger partial charge is 0.165 e. The van der Waals surface area contributed by atoms with Crippen LogP contribution < -0.4 is 0 Å². The minimum Gasteiger partial charge on any atom is -0.367 e. The molecule has 4 aromatic rings. The van der Waals surface area contributed by atoms with Gasteiger partial charge in [-0.05, 0) is 38.6 Å². The summed E-state index contributed by atoms with van der Waals surface area (Å²) < 4.78 is 5.99. The highest BCUT2D eigenvalue weighted by Crippen LogP contribution is 2.46. The van der Waals surface area contributed by atoms with Crippen molar-refractivity contribution in [1.82, 2.24) is 0 Å². The summed E-state index contributed by atoms with van der Waals surface area (Å²) in [5, 5.41) is 13.3. The van der Waals surface area contributed by atoms with Gasteiger partial charge in [0.05, 0.1) is 12.5 Å². The minimum atomic E-state index is -0.895. The molecule has 0 saturated carbocycles. The van der Waals surface area contributed by atoms with E-state index in [1.54, 1.807) is 0 Å². The van der Waals surface area contributed by atoms with E-state index in [-0.39, 0.29) is 5.92 Å². The Balaban J connectivity index is 1.45. The van der Waals surface area contributed by atoms with Crippen LogP contribution in [0.15, 0.2) is 91.0 Å². The molecule has 1 N–H and O–H groups in total. The van der Waals surface area contributed by atoms with Crippen molar-refractivity contribution >= 4 is 10.8 Å². The van der Waals surface area contributed by atoms with Crippen molar-refractivity contribution in [2.24, 2.45) is 0 Å². The Kier molecular flexibility index (Phi) is 4.01. The molecule has 0 spiro atoms. The highest BCUT2D eigenvalue weighted by molar-refractivity contribution is 5.85. The minimum absolute atomic E-state index is 0.160. The molecule has 0 fully saturated rings. The lowest BCUT2D eigenvalue weighted by Crippen LogP contribution is -2.21. The number of rotatable bonds is 4. The maximum Gasteiger partial charge on any atom is 0.165 e. The number of fused-ring (bicyclic) bond motifs is 4. The maximum absolute atomic E-state index is 11.0. The molecule has 1 atom stereocenters. The summed E-state index contributed by atoms with van der Waals surface area (Å²) >= 11 is 0. The molecule has 0 amide bonds. The first kappa shape index (κ1) is 16.2. The summed E-state index contributed by atoms with van der Waals surface area (Å²) in [6, 6.07) is 31.0. The number of ether oxygens (including phenoxy) is 1. The standard InChI is InChI=1S/C25H20O2/c26-25(27-16-18-10-7-9-17-8-1-2-11-19(17)18)24-22-14-5-3-12-20(22)21-13-4-6-15-23(21)24/h1-15,24-26H,16H2. The van der Waals surface area contributed by atoms with E-state index >= 15 is 0 Å². The number of benzene rings is 4. The number of aliphatic hydroxyl groups excluding tert-OH is 1. The fourth-order valence-corrected chi connectivity index (χ4v) is 4.19. The van der Waals surface area contributed by atoms with Crippen molar-refractivity contribution < 1.29 is 9.84 Å². The van der Waals surface area contributed by atoms with Crippen LogP contribution in [-0.4, -0.2) is 11.4 Å². The van der Waals surface area contributed by atoms with Crippen LogP contribution in [0.2, 0.25) is 0 Å². The Morgan fingerprint density at radius 3 is 2.04 bits per heavy atom. The first-order valence-electron chi connectivity index (χ1n) is 9.27. The zero-order valence-electron chi connectivity index (χ0n) is 14.9. The zero-order chi connectivity index (χ0) is 18.2. The molecule has 0 radical (unpaired) electrons. The van der Waals surface area contributed by atoms with Crippen molar-refractivity contribution in [3.05, 3.63) is 108 Å². The molecular formula is C25H20O2. The fourth-order valence-electron chi connectivity index (χ4n) is 4.19. The van der Waals surface area contributed by atoms with E-state index in [0.29, 0.717) is 6.61 Å². The van der Waals surface area contributed by atoms with E-state index in [1.807, 2.05) is 42.5 Å². The van der Waals surface area contributed by atoms with Crippen LogP contribution in [0.1, 0.15) is 22.6 Å². The Morgan fingerprint density at radius 1 is 0.704 bits per heavy atom. The van der Waals surface area contributed by atoms with Gasteiger partial charge in [-0.1, -0.05) is 91.0 Å². The van der Waals surface area contributed by atoms with E-state index in [4.69, 9.17) is 4.74 Å². The molecule has 1 aliphatic carbocycles. The van der Waals surface area contributed by atoms with Crippen molar-refractivity contribution in [3.63, 3.8) is 0 Å². The van der Waals surface area contributed by atoms with Crippen LogP contribution in [0.25, 0.3) is 21.9 Å². The molecule has 0 bridgehead atoms. The first-order chi connectivity index (χ1) is 13.3. The van der Waals surface area contributed by atoms with E-state index in [9.17, 15) is 5.11 Å². The van der Waals surface area contributed by atoms with Gasteiger partial charge in [-0.3, -0.25) is 0 Å². The summed E-state index contributed by atoms with van der Waals surface area (Å²) in [5.74, 6) is -0.160. The van der Waals surface area contributed by atoms with Gasteiger partial charge in [-0.25, -0.2) is 0 Å². The summed E-state index contributed by atoms with van der Waals surface area (Å²) in [6.07, 6.45) is -0.895. The Labute approximate surface area is 158 Å². The number of aliphatic hydroxyl groups is 1. The van der Waals surface area contributed by atoms with Gasteiger partial charge in [-0.2, -0.15) is 0 Å². The van der Waals surface area contributed by atoms with Crippen LogP contribution in [0.4, 0.5) is 0 Å². The van der Waals surface area contributed by atoms with Crippen molar-refractivity contribution in [1.29, 1.82) is 0 Å². The van der Waals surface area contributed by atoms with Crippen LogP contribution >= 0.6 is 0 Å². The van der Waals surface area contributed by atoms with Crippen LogP contribution in [0, 0.1) is 0 Å². The molecule has 0 aromatic heterocycles. The molecule has 132 valence electrons. The molecule has 0 aliphatic heterocycles. The topological polar surface area (TPSA) is 29.5 Å². The van der Waals surface area contributed by atoms with E-state index in [1.165, 1.54) is 21.9 Å². The van der Waals surface area contributed by atoms with Gasteiger partial charge in [0.2, 0.25) is 0 Å². The second-order valence-electron chi connectivity index (χ2n) is 6.99. The lowest BCUT2D eigenvalue weighted by Gasteiger charge is -2.21. The average molecular weight is 352 g/mol. The molecular weight excluding hydrogens is 332 g/mol. The highest BCUT2D eigenvalue weighted by atomic mass is 16.6. The van der Waals surface area contributed by atoms with E-state index < -0.39 is 6.29 Å². The molecule has 4 aromatic carbocycles. The first-order valence-corrected chi connectivity index (χ1v) is 9.27. The quantitative estimate of drug-likeness (QED) is 0.492. The van der Waals surface area contributed by atoms with Gasteiger partial charge in [0.15, 0.2) is 6.29 Å². The van der Waals surface area contributed by atoms with Crippen LogP contribution in [0.5, 0.6) is 0 Å². The lowest BCUT2D eigenvalue weighted by atomic mass is 9.96. The van der Waals surface area contributed by atoms with Crippen molar-refractivity contribution in [3.8, 4) is 11.1 Å². The maximum atomic E-state index is 11.0. The predicted octanol–water partition coefficient (Wildman–Crippen LogP) is 5.49. The van der Waals surface area contributed by atoms with Crippen LogP contribution in [0.3, 0.4) is 0 Å². The highest BCUT2D eigenvalue weighted by Gasteiger charge is 2.33. The predicted molar refractivity (Wildman–Crippen MR) is 108 cm³/mol. The molecule has 1 aliphatic rings. The molecule has 1 unspecified atom stereocenters. The normalized spacial score (nSPS) is 14.1. The Hall–Kier alpha value is -2.94. The summed E-state index contributed by atoms with van der Waals surface area (Å²) in [4.78, 5) is 0. The van der Waals surface area contributed by atoms with Gasteiger partial charge < -0.3 is 9.84 Å². The van der Waals surface area contributed by atoms with Gasteiger partial charge in [0, 0.05) is 0 Å². The second-order valence-corrected chi connectivity index (χ2v) is 6.99. The second kappa shape index (κ2) is 6.66. The Bertz CT molecular complexity index is 1070. The number of hydrogen-bond donors (Lipinski definition) is 1. The van der Waals surface area contributed by atoms with Gasteiger partial charge in [0.1, 0.15) is 0 Å². The molecule has 0 heterocycles. The summed E-state index contributed by atoms with van der Waals surface area (Å²) in [7, 11) is 0. The lowest BCUT2D eigenvalue weighted by molar-refractivity contribution is -0.115. The van der Waals surface area contributed by atoms with Crippen molar-refractivity contribution in [2.45, 2.75) is 18.8 Å². The fraction of sp³-hybridized carbons (Fsp3) is 0.120. The largest absolute Gasteiger partial charge is 0.367 e. The molecule has 2 nitrogen and oxygen atoms in total. The summed E-state index contributed by atoms with van der Waals surface area (Å²) in [5.41, 5.74) is 5.72. The number of hydrogen-bond acceptors (Lipinski definition) is 2. The summed E-state index contributed by atoms with van der Waals surface area (Å²) in [6.45, 7) is 0.378. The van der Waals surface area contributed by atoms with E-state index in [0.717, 1.165) is 16.7 Å². The van der Waals surface area contributed by atoms with Crippen LogP contribution in [-0.2, 0) is 11.3 Å². The molecule has 27 heavy (non-hydrogen) atoms. The Morgan fingerprint density at radius 2 is 1.30 bits per heavy atom. The molecule has 2 heteroatoms. The molecule has 5 rings (SSSR count). The SMILES string of the molecule is OC(OCc1cccc2ccccc12)C1c2ccccc2-c2ccccc21. The third kappa shape index (κ3) is 2.74. The monoisotopic (exact) mass is 352 g/mol. The van der Waals surface area contributed by atoms with Crippen molar-refractivity contribution in [2.75, 3.05) is 0 Å². The molecule has 0 saturated heterocycles. The third-order valence-corrected chi connectivity index (χ3v) is 5.46. The van der Waals surface area contributed by atoms with E-state index in [2.05, 4.69) is 48.5 Å². The van der Waals surface area contributed by atoms with Gasteiger partial charge in [-0.15, -0.1) is 0 Å². The third-order valence-electron chi connectivity index (χ3n) is 5.46. The zero-order valence-corrected chi connectivity index (χ0v) is 14.9. The van der Waals surface area contributed by atoms with Gasteiger partial charge >= 0.3 is 0 Å².